The van der Waals surface area contributed by atoms with Crippen LogP contribution in [0.5, 0.6) is 5.75 Å². The predicted octanol–water partition coefficient (Wildman–Crippen LogP) is 1.90. The van der Waals surface area contributed by atoms with Crippen molar-refractivity contribution in [2.45, 2.75) is 31.0 Å². The van der Waals surface area contributed by atoms with Gasteiger partial charge in [-0.1, -0.05) is 12.1 Å². The number of carbonyl (C=O) groups is 2. The van der Waals surface area contributed by atoms with Crippen LogP contribution in [-0.4, -0.2) is 35.3 Å². The van der Waals surface area contributed by atoms with Gasteiger partial charge in [0.15, 0.2) is 6.61 Å². The third-order valence-corrected chi connectivity index (χ3v) is 3.20. The van der Waals surface area contributed by atoms with E-state index < -0.39 is 30.2 Å². The molecule has 0 aliphatic heterocycles. The van der Waals surface area contributed by atoms with Gasteiger partial charge in [0, 0.05) is 0 Å². The standard InChI is InChI=1S/C14H14F3NO4/c15-14(16,17)8-22-10-3-1-2-9(6-10)7-11(19)18-13(4-5-13)12(20)21/h1-3,6H,4-5,7-8H2,(H,18,19)(H,20,21). The minimum absolute atomic E-state index is 0.00185. The molecule has 1 fully saturated rings. The number of carboxylic acid groups (broad SMARTS) is 1. The Hall–Kier alpha value is -2.25. The summed E-state index contributed by atoms with van der Waals surface area (Å²) in [5, 5.41) is 11.4. The number of halogens is 3. The third-order valence-electron chi connectivity index (χ3n) is 3.20. The van der Waals surface area contributed by atoms with Crippen LogP contribution in [0.1, 0.15) is 18.4 Å². The summed E-state index contributed by atoms with van der Waals surface area (Å²) in [6, 6.07) is 5.71. The van der Waals surface area contributed by atoms with E-state index in [4.69, 9.17) is 5.11 Å². The Morgan fingerprint density at radius 3 is 2.55 bits per heavy atom. The second kappa shape index (κ2) is 5.86. The molecule has 0 aromatic heterocycles. The Labute approximate surface area is 124 Å². The summed E-state index contributed by atoms with van der Waals surface area (Å²) in [6.07, 6.45) is -3.81. The molecular formula is C14H14F3NO4. The Balaban J connectivity index is 1.93. The van der Waals surface area contributed by atoms with Gasteiger partial charge < -0.3 is 15.2 Å². The molecule has 0 saturated heterocycles. The molecule has 1 aliphatic rings. The molecular weight excluding hydrogens is 303 g/mol. The molecule has 22 heavy (non-hydrogen) atoms. The first-order chi connectivity index (χ1) is 10.2. The van der Waals surface area contributed by atoms with E-state index in [9.17, 15) is 22.8 Å². The smallest absolute Gasteiger partial charge is 0.422 e. The Bertz CT molecular complexity index is 582. The van der Waals surface area contributed by atoms with Crippen LogP contribution < -0.4 is 10.1 Å². The van der Waals surface area contributed by atoms with Gasteiger partial charge in [-0.05, 0) is 30.5 Å². The van der Waals surface area contributed by atoms with Crippen molar-refractivity contribution in [1.82, 2.24) is 5.32 Å². The molecule has 1 aliphatic carbocycles. The largest absolute Gasteiger partial charge is 0.484 e. The summed E-state index contributed by atoms with van der Waals surface area (Å²) in [5.41, 5.74) is -0.736. The molecule has 0 heterocycles. The number of carbonyl (C=O) groups excluding carboxylic acids is 1. The molecule has 5 nitrogen and oxygen atoms in total. The van der Waals surface area contributed by atoms with Crippen molar-refractivity contribution in [3.63, 3.8) is 0 Å². The number of aliphatic carboxylic acids is 1. The van der Waals surface area contributed by atoms with Crippen molar-refractivity contribution in [2.75, 3.05) is 6.61 Å². The lowest BCUT2D eigenvalue weighted by Crippen LogP contribution is -2.43. The highest BCUT2D eigenvalue weighted by Crippen LogP contribution is 2.35. The molecule has 2 N–H and O–H groups in total. The zero-order valence-corrected chi connectivity index (χ0v) is 11.4. The van der Waals surface area contributed by atoms with Gasteiger partial charge in [-0.15, -0.1) is 0 Å². The molecule has 0 atom stereocenters. The molecule has 1 aromatic rings. The van der Waals surface area contributed by atoms with Gasteiger partial charge in [0.2, 0.25) is 5.91 Å². The first-order valence-corrected chi connectivity index (χ1v) is 6.53. The van der Waals surface area contributed by atoms with Gasteiger partial charge in [-0.3, -0.25) is 4.79 Å². The molecule has 8 heteroatoms. The van der Waals surface area contributed by atoms with Crippen molar-refractivity contribution in [3.05, 3.63) is 29.8 Å². The number of rotatable bonds is 6. The van der Waals surface area contributed by atoms with E-state index in [2.05, 4.69) is 10.1 Å². The van der Waals surface area contributed by atoms with Crippen molar-refractivity contribution in [3.8, 4) is 5.75 Å². The summed E-state index contributed by atoms with van der Waals surface area (Å²) in [6.45, 7) is -1.41. The number of benzene rings is 1. The second-order valence-corrected chi connectivity index (χ2v) is 5.16. The van der Waals surface area contributed by atoms with E-state index in [1.54, 1.807) is 6.07 Å². The molecule has 2 rings (SSSR count). The molecule has 1 aromatic carbocycles. The van der Waals surface area contributed by atoms with E-state index in [-0.39, 0.29) is 12.2 Å². The average Bonchev–Trinajstić information content (AvgIpc) is 3.17. The van der Waals surface area contributed by atoms with E-state index in [1.165, 1.54) is 18.2 Å². The average molecular weight is 317 g/mol. The SMILES string of the molecule is O=C(Cc1cccc(OCC(F)(F)F)c1)NC1(C(=O)O)CC1. The monoisotopic (exact) mass is 317 g/mol. The van der Waals surface area contributed by atoms with Gasteiger partial charge in [-0.25, -0.2) is 4.79 Å². The van der Waals surface area contributed by atoms with Gasteiger partial charge in [-0.2, -0.15) is 13.2 Å². The van der Waals surface area contributed by atoms with Crippen LogP contribution in [0.15, 0.2) is 24.3 Å². The Kier molecular flexibility index (Phi) is 4.30. The number of alkyl halides is 3. The van der Waals surface area contributed by atoms with Gasteiger partial charge >= 0.3 is 12.1 Å². The molecule has 0 spiro atoms. The molecule has 0 unspecified atom stereocenters. The number of amides is 1. The molecule has 1 amide bonds. The fourth-order valence-corrected chi connectivity index (χ4v) is 1.92. The molecule has 0 radical (unpaired) electrons. The summed E-state index contributed by atoms with van der Waals surface area (Å²) < 4.78 is 40.8. The van der Waals surface area contributed by atoms with Crippen LogP contribution >= 0.6 is 0 Å². The molecule has 1 saturated carbocycles. The third kappa shape index (κ3) is 4.37. The topological polar surface area (TPSA) is 75.6 Å². The van der Waals surface area contributed by atoms with Gasteiger partial charge in [0.25, 0.3) is 0 Å². The van der Waals surface area contributed by atoms with E-state index in [0.29, 0.717) is 18.4 Å². The summed E-state index contributed by atoms with van der Waals surface area (Å²) in [4.78, 5) is 22.8. The maximum absolute atomic E-state index is 12.1. The van der Waals surface area contributed by atoms with Crippen LogP contribution in [0.3, 0.4) is 0 Å². The molecule has 0 bridgehead atoms. The number of carboxylic acids is 1. The lowest BCUT2D eigenvalue weighted by atomic mass is 10.1. The summed E-state index contributed by atoms with van der Waals surface area (Å²) in [5.74, 6) is -1.57. The van der Waals surface area contributed by atoms with Gasteiger partial charge in [0.1, 0.15) is 11.3 Å². The van der Waals surface area contributed by atoms with Crippen LogP contribution in [0.2, 0.25) is 0 Å². The molecule has 120 valence electrons. The summed E-state index contributed by atoms with van der Waals surface area (Å²) in [7, 11) is 0. The van der Waals surface area contributed by atoms with Crippen LogP contribution in [0.4, 0.5) is 13.2 Å². The lowest BCUT2D eigenvalue weighted by molar-refractivity contribution is -0.153. The second-order valence-electron chi connectivity index (χ2n) is 5.16. The predicted molar refractivity (Wildman–Crippen MR) is 69.4 cm³/mol. The number of hydrogen-bond acceptors (Lipinski definition) is 3. The van der Waals surface area contributed by atoms with Crippen LogP contribution in [0, 0.1) is 0 Å². The fraction of sp³-hybridized carbons (Fsp3) is 0.429. The minimum atomic E-state index is -4.44. The first-order valence-electron chi connectivity index (χ1n) is 6.53. The zero-order chi connectivity index (χ0) is 16.4. The highest BCUT2D eigenvalue weighted by atomic mass is 19.4. The van der Waals surface area contributed by atoms with E-state index in [0.717, 1.165) is 0 Å². The van der Waals surface area contributed by atoms with Crippen molar-refractivity contribution in [2.24, 2.45) is 0 Å². The highest BCUT2D eigenvalue weighted by Gasteiger charge is 2.51. The van der Waals surface area contributed by atoms with Crippen molar-refractivity contribution < 1.29 is 32.6 Å². The number of hydrogen-bond donors (Lipinski definition) is 2. The number of ether oxygens (including phenoxy) is 1. The maximum Gasteiger partial charge on any atom is 0.422 e. The van der Waals surface area contributed by atoms with Crippen molar-refractivity contribution in [1.29, 1.82) is 0 Å². The maximum atomic E-state index is 12.1. The Morgan fingerprint density at radius 2 is 2.00 bits per heavy atom. The number of nitrogens with one attached hydrogen (secondary N) is 1. The Morgan fingerprint density at radius 1 is 1.32 bits per heavy atom. The van der Waals surface area contributed by atoms with Crippen LogP contribution in [0.25, 0.3) is 0 Å². The zero-order valence-electron chi connectivity index (χ0n) is 11.4. The quantitative estimate of drug-likeness (QED) is 0.840. The minimum Gasteiger partial charge on any atom is -0.484 e. The van der Waals surface area contributed by atoms with E-state index in [1.807, 2.05) is 0 Å². The van der Waals surface area contributed by atoms with Crippen LogP contribution in [-0.2, 0) is 16.0 Å². The van der Waals surface area contributed by atoms with E-state index >= 15 is 0 Å². The normalized spacial score (nSPS) is 16.0. The highest BCUT2D eigenvalue weighted by molar-refractivity contribution is 5.90. The fourth-order valence-electron chi connectivity index (χ4n) is 1.92. The summed E-state index contributed by atoms with van der Waals surface area (Å²) >= 11 is 0. The van der Waals surface area contributed by atoms with Gasteiger partial charge in [0.05, 0.1) is 6.42 Å². The first kappa shape index (κ1) is 16.1. The van der Waals surface area contributed by atoms with Crippen molar-refractivity contribution >= 4 is 11.9 Å². The lowest BCUT2D eigenvalue weighted by Gasteiger charge is -2.13.